The van der Waals surface area contributed by atoms with Gasteiger partial charge in [0.25, 0.3) is 0 Å². The Labute approximate surface area is 171 Å². The van der Waals surface area contributed by atoms with Crippen molar-refractivity contribution in [2.75, 3.05) is 19.6 Å². The molecule has 0 saturated heterocycles. The molecule has 1 N–H and O–H groups in total. The van der Waals surface area contributed by atoms with Gasteiger partial charge in [0.2, 0.25) is 11.8 Å². The number of benzene rings is 1. The van der Waals surface area contributed by atoms with E-state index in [1.165, 1.54) is 6.08 Å². The van der Waals surface area contributed by atoms with Crippen LogP contribution in [0.2, 0.25) is 5.02 Å². The molecule has 0 atom stereocenters. The molecule has 0 saturated carbocycles. The fraction of sp³-hybridized carbons (Fsp3) is 0.381. The van der Waals surface area contributed by atoms with Crippen molar-refractivity contribution in [3.63, 3.8) is 0 Å². The highest BCUT2D eigenvalue weighted by Crippen LogP contribution is 2.20. The summed E-state index contributed by atoms with van der Waals surface area (Å²) in [5.74, 6) is -0.398. The maximum Gasteiger partial charge on any atom is 0.244 e. The van der Waals surface area contributed by atoms with Gasteiger partial charge in [-0.2, -0.15) is 5.10 Å². The van der Waals surface area contributed by atoms with E-state index >= 15 is 0 Å². The molecule has 1 heterocycles. The van der Waals surface area contributed by atoms with Crippen LogP contribution >= 0.6 is 11.6 Å². The first kappa shape index (κ1) is 21.7. The highest BCUT2D eigenvalue weighted by atomic mass is 35.5. The number of nitrogens with zero attached hydrogens (tertiary/aromatic N) is 3. The molecule has 0 spiro atoms. The van der Waals surface area contributed by atoms with Crippen LogP contribution in [-0.2, 0) is 16.1 Å². The van der Waals surface area contributed by atoms with Crippen molar-refractivity contribution in [3.8, 4) is 0 Å². The van der Waals surface area contributed by atoms with E-state index in [2.05, 4.69) is 10.4 Å². The summed E-state index contributed by atoms with van der Waals surface area (Å²) in [6, 6.07) is 7.66. The lowest BCUT2D eigenvalue weighted by atomic mass is 10.1. The van der Waals surface area contributed by atoms with E-state index in [-0.39, 0.29) is 18.4 Å². The van der Waals surface area contributed by atoms with Gasteiger partial charge in [0.1, 0.15) is 0 Å². The maximum atomic E-state index is 12.1. The van der Waals surface area contributed by atoms with Gasteiger partial charge in [-0.1, -0.05) is 29.8 Å². The smallest absolute Gasteiger partial charge is 0.244 e. The number of hydrogen-bond donors (Lipinski definition) is 1. The van der Waals surface area contributed by atoms with Crippen LogP contribution < -0.4 is 5.32 Å². The number of hydrogen-bond acceptors (Lipinski definition) is 3. The normalized spacial score (nSPS) is 11.0. The van der Waals surface area contributed by atoms with E-state index < -0.39 is 0 Å². The van der Waals surface area contributed by atoms with Crippen LogP contribution in [0.3, 0.4) is 0 Å². The van der Waals surface area contributed by atoms with Crippen molar-refractivity contribution in [2.45, 2.75) is 34.2 Å². The molecule has 0 aliphatic heterocycles. The number of carbonyl (C=O) groups is 2. The molecule has 150 valence electrons. The van der Waals surface area contributed by atoms with E-state index in [4.69, 9.17) is 11.6 Å². The lowest BCUT2D eigenvalue weighted by molar-refractivity contribution is -0.131. The average Bonchev–Trinajstić information content (AvgIpc) is 2.94. The number of rotatable bonds is 8. The van der Waals surface area contributed by atoms with E-state index in [0.29, 0.717) is 24.7 Å². The first-order valence-corrected chi connectivity index (χ1v) is 9.76. The van der Waals surface area contributed by atoms with Gasteiger partial charge in [0, 0.05) is 35.4 Å². The summed E-state index contributed by atoms with van der Waals surface area (Å²) < 4.78 is 1.87. The molecule has 1 aromatic heterocycles. The van der Waals surface area contributed by atoms with E-state index in [1.807, 2.05) is 56.6 Å². The first-order valence-electron chi connectivity index (χ1n) is 9.38. The largest absolute Gasteiger partial charge is 0.343 e. The molecule has 7 heteroatoms. The molecule has 0 unspecified atom stereocenters. The second-order valence-electron chi connectivity index (χ2n) is 6.45. The summed E-state index contributed by atoms with van der Waals surface area (Å²) in [5, 5.41) is 7.89. The third-order valence-electron chi connectivity index (χ3n) is 4.65. The van der Waals surface area contributed by atoms with Crippen LogP contribution in [0.1, 0.15) is 36.4 Å². The predicted molar refractivity (Wildman–Crippen MR) is 112 cm³/mol. The molecule has 6 nitrogen and oxygen atoms in total. The Morgan fingerprint density at radius 3 is 2.54 bits per heavy atom. The highest BCUT2D eigenvalue weighted by Gasteiger charge is 2.12. The number of carbonyl (C=O) groups excluding carboxylic acids is 2. The zero-order chi connectivity index (χ0) is 20.7. The molecule has 2 aromatic rings. The molecule has 0 aliphatic carbocycles. The second-order valence-corrected chi connectivity index (χ2v) is 6.86. The van der Waals surface area contributed by atoms with E-state index in [1.54, 1.807) is 11.0 Å². The third kappa shape index (κ3) is 5.45. The number of aryl methyl sites for hydroxylation is 1. The molecule has 0 aliphatic rings. The second kappa shape index (κ2) is 10.1. The fourth-order valence-corrected chi connectivity index (χ4v) is 3.16. The lowest BCUT2D eigenvalue weighted by Crippen LogP contribution is -2.39. The average molecular weight is 403 g/mol. The van der Waals surface area contributed by atoms with Gasteiger partial charge in [-0.3, -0.25) is 14.3 Å². The van der Waals surface area contributed by atoms with Crippen molar-refractivity contribution < 1.29 is 9.59 Å². The summed E-state index contributed by atoms with van der Waals surface area (Å²) in [4.78, 5) is 25.7. The minimum atomic E-state index is -0.307. The molecule has 2 amide bonds. The van der Waals surface area contributed by atoms with E-state index in [0.717, 1.165) is 22.5 Å². The predicted octanol–water partition coefficient (Wildman–Crippen LogP) is 3.20. The van der Waals surface area contributed by atoms with Gasteiger partial charge in [-0.05, 0) is 45.4 Å². The van der Waals surface area contributed by atoms with Crippen LogP contribution in [0.5, 0.6) is 0 Å². The quantitative estimate of drug-likeness (QED) is 0.689. The Morgan fingerprint density at radius 1 is 1.21 bits per heavy atom. The zero-order valence-corrected chi connectivity index (χ0v) is 17.6. The molecule has 0 bridgehead atoms. The summed E-state index contributed by atoms with van der Waals surface area (Å²) in [6.07, 6.45) is 3.17. The third-order valence-corrected chi connectivity index (χ3v) is 5.02. The Bertz CT molecular complexity index is 869. The summed E-state index contributed by atoms with van der Waals surface area (Å²) in [7, 11) is 0. The Hall–Kier alpha value is -2.60. The van der Waals surface area contributed by atoms with Crippen LogP contribution in [-0.4, -0.2) is 46.1 Å². The van der Waals surface area contributed by atoms with Gasteiger partial charge in [-0.25, -0.2) is 0 Å². The maximum absolute atomic E-state index is 12.1. The Balaban J connectivity index is 2.04. The van der Waals surface area contributed by atoms with Crippen LogP contribution in [0.15, 0.2) is 30.3 Å². The van der Waals surface area contributed by atoms with Crippen molar-refractivity contribution in [1.29, 1.82) is 0 Å². The topological polar surface area (TPSA) is 67.2 Å². The Morgan fingerprint density at radius 2 is 1.89 bits per heavy atom. The fourth-order valence-electron chi connectivity index (χ4n) is 2.96. The molecule has 0 fully saturated rings. The first-order chi connectivity index (χ1) is 13.4. The van der Waals surface area contributed by atoms with Crippen LogP contribution in [0, 0.1) is 13.8 Å². The molecule has 1 aromatic carbocycles. The monoisotopic (exact) mass is 402 g/mol. The summed E-state index contributed by atoms with van der Waals surface area (Å²) in [6.45, 7) is 9.49. The minimum Gasteiger partial charge on any atom is -0.343 e. The Kier molecular flexibility index (Phi) is 7.81. The van der Waals surface area contributed by atoms with Gasteiger partial charge in [0.15, 0.2) is 0 Å². The van der Waals surface area contributed by atoms with Crippen LogP contribution in [0.25, 0.3) is 6.08 Å². The SMILES string of the molecule is CCN(CC)C(=O)CNC(=O)/C=C/c1c(C)nn(Cc2ccccc2Cl)c1C. The number of nitrogens with one attached hydrogen (secondary N) is 1. The molecular formula is C21H27ClN4O2. The minimum absolute atomic E-state index is 0.00537. The summed E-state index contributed by atoms with van der Waals surface area (Å²) >= 11 is 6.24. The van der Waals surface area contributed by atoms with Crippen LogP contribution in [0.4, 0.5) is 0 Å². The van der Waals surface area contributed by atoms with Crippen molar-refractivity contribution in [2.24, 2.45) is 0 Å². The van der Waals surface area contributed by atoms with Gasteiger partial charge < -0.3 is 10.2 Å². The molecule has 2 rings (SSSR count). The molecular weight excluding hydrogens is 376 g/mol. The standard InChI is InChI=1S/C21H27ClN4O2/c1-5-25(6-2)21(28)13-23-20(27)12-11-18-15(3)24-26(16(18)4)14-17-9-7-8-10-19(17)22/h7-12H,5-6,13-14H2,1-4H3,(H,23,27)/b12-11+. The van der Waals surface area contributed by atoms with Gasteiger partial charge >= 0.3 is 0 Å². The van der Waals surface area contributed by atoms with Gasteiger partial charge in [0.05, 0.1) is 18.8 Å². The molecule has 28 heavy (non-hydrogen) atoms. The summed E-state index contributed by atoms with van der Waals surface area (Å²) in [5.41, 5.74) is 3.64. The number of aromatic nitrogens is 2. The van der Waals surface area contributed by atoms with Crippen molar-refractivity contribution in [3.05, 3.63) is 57.9 Å². The number of halogens is 1. The molecule has 0 radical (unpaired) electrons. The number of likely N-dealkylation sites (N-methyl/N-ethyl adjacent to an activating group) is 1. The van der Waals surface area contributed by atoms with E-state index in [9.17, 15) is 9.59 Å². The zero-order valence-electron chi connectivity index (χ0n) is 16.8. The van der Waals surface area contributed by atoms with Crippen molar-refractivity contribution in [1.82, 2.24) is 20.0 Å². The highest BCUT2D eigenvalue weighted by molar-refractivity contribution is 6.31. The lowest BCUT2D eigenvalue weighted by Gasteiger charge is -2.18. The van der Waals surface area contributed by atoms with Gasteiger partial charge in [-0.15, -0.1) is 0 Å². The number of amides is 2. The van der Waals surface area contributed by atoms with Crippen molar-refractivity contribution >= 4 is 29.5 Å².